The van der Waals surface area contributed by atoms with Gasteiger partial charge < -0.3 is 15.0 Å². The largest absolute Gasteiger partial charge is 0.497 e. The molecule has 0 unspecified atom stereocenters. The van der Waals surface area contributed by atoms with Gasteiger partial charge in [0.1, 0.15) is 18.0 Å². The van der Waals surface area contributed by atoms with Crippen LogP contribution in [0.15, 0.2) is 42.9 Å². The third-order valence-corrected chi connectivity index (χ3v) is 3.14. The molecule has 1 heterocycles. The number of methoxy groups -OCH3 is 1. The Morgan fingerprint density at radius 1 is 1.30 bits per heavy atom. The Morgan fingerprint density at radius 3 is 2.78 bits per heavy atom. The molecule has 2 aromatic rings. The fourth-order valence-corrected chi connectivity index (χ4v) is 1.97. The maximum atomic E-state index is 12.3. The summed E-state index contributed by atoms with van der Waals surface area (Å²) in [5.41, 5.74) is 0.820. The minimum atomic E-state index is -0.332. The first-order valence-electron chi connectivity index (χ1n) is 7.13. The number of nitrogens with zero attached hydrogens (tertiary/aromatic N) is 3. The number of ether oxygens (including phenoxy) is 1. The van der Waals surface area contributed by atoms with Crippen LogP contribution in [0, 0.1) is 0 Å². The molecule has 0 aliphatic rings. The lowest BCUT2D eigenvalue weighted by molar-refractivity contribution is -0.116. The van der Waals surface area contributed by atoms with E-state index >= 15 is 0 Å². The van der Waals surface area contributed by atoms with E-state index in [1.54, 1.807) is 38.3 Å². The molecule has 0 saturated heterocycles. The van der Waals surface area contributed by atoms with Crippen molar-refractivity contribution in [2.24, 2.45) is 0 Å². The molecule has 1 aromatic heterocycles. The summed E-state index contributed by atoms with van der Waals surface area (Å²) >= 11 is 0. The Bertz CT molecular complexity index is 676. The number of amides is 2. The van der Waals surface area contributed by atoms with Crippen molar-refractivity contribution in [3.8, 4) is 5.75 Å². The third-order valence-electron chi connectivity index (χ3n) is 3.14. The van der Waals surface area contributed by atoms with Crippen LogP contribution in [0.4, 0.5) is 5.69 Å². The number of carbonyl (C=O) groups excluding carboxylic acids is 2. The van der Waals surface area contributed by atoms with E-state index in [1.807, 2.05) is 0 Å². The Labute approximate surface area is 134 Å². The summed E-state index contributed by atoms with van der Waals surface area (Å²) in [6.45, 7) is 2.12. The second-order valence-electron chi connectivity index (χ2n) is 4.69. The first-order chi connectivity index (χ1) is 11.1. The van der Waals surface area contributed by atoms with E-state index in [0.717, 1.165) is 0 Å². The van der Waals surface area contributed by atoms with E-state index in [2.05, 4.69) is 15.3 Å². The predicted octanol–water partition coefficient (Wildman–Crippen LogP) is 1.59. The van der Waals surface area contributed by atoms with Gasteiger partial charge in [0.2, 0.25) is 5.91 Å². The maximum absolute atomic E-state index is 12.3. The van der Waals surface area contributed by atoms with Crippen LogP contribution in [-0.4, -0.2) is 46.9 Å². The van der Waals surface area contributed by atoms with Crippen molar-refractivity contribution in [1.82, 2.24) is 14.9 Å². The number of benzene rings is 1. The molecule has 0 bridgehead atoms. The number of anilines is 1. The van der Waals surface area contributed by atoms with Crippen molar-refractivity contribution in [1.29, 1.82) is 0 Å². The molecule has 0 aliphatic carbocycles. The Kier molecular flexibility index (Phi) is 5.62. The minimum absolute atomic E-state index is 0.0664. The molecular weight excluding hydrogens is 296 g/mol. The van der Waals surface area contributed by atoms with E-state index in [4.69, 9.17) is 4.74 Å². The molecule has 7 nitrogen and oxygen atoms in total. The monoisotopic (exact) mass is 314 g/mol. The summed E-state index contributed by atoms with van der Waals surface area (Å²) in [5, 5.41) is 2.74. The van der Waals surface area contributed by atoms with Gasteiger partial charge in [-0.3, -0.25) is 14.6 Å². The number of aromatic nitrogens is 2. The molecule has 2 amide bonds. The Morgan fingerprint density at radius 2 is 2.13 bits per heavy atom. The van der Waals surface area contributed by atoms with Gasteiger partial charge in [-0.05, 0) is 19.1 Å². The zero-order valence-electron chi connectivity index (χ0n) is 13.0. The lowest BCUT2D eigenvalue weighted by atomic mass is 10.3. The van der Waals surface area contributed by atoms with Crippen LogP contribution in [0.2, 0.25) is 0 Å². The van der Waals surface area contributed by atoms with Crippen LogP contribution >= 0.6 is 0 Å². The van der Waals surface area contributed by atoms with Crippen LogP contribution in [0.3, 0.4) is 0 Å². The molecule has 0 radical (unpaired) electrons. The molecule has 7 heteroatoms. The van der Waals surface area contributed by atoms with E-state index in [9.17, 15) is 9.59 Å². The van der Waals surface area contributed by atoms with Gasteiger partial charge >= 0.3 is 0 Å². The number of likely N-dealkylation sites (N-methyl/N-ethyl adjacent to an activating group) is 1. The normalized spacial score (nSPS) is 10.0. The first kappa shape index (κ1) is 16.4. The lowest BCUT2D eigenvalue weighted by Crippen LogP contribution is -2.38. The maximum Gasteiger partial charge on any atom is 0.274 e. The summed E-state index contributed by atoms with van der Waals surface area (Å²) in [5.74, 6) is 0.0181. The molecule has 0 spiro atoms. The van der Waals surface area contributed by atoms with Crippen molar-refractivity contribution < 1.29 is 14.3 Å². The van der Waals surface area contributed by atoms with Crippen LogP contribution in [-0.2, 0) is 4.79 Å². The third kappa shape index (κ3) is 4.50. The van der Waals surface area contributed by atoms with Gasteiger partial charge in [-0.15, -0.1) is 0 Å². The van der Waals surface area contributed by atoms with Gasteiger partial charge in [0.15, 0.2) is 0 Å². The van der Waals surface area contributed by atoms with Gasteiger partial charge in [0.25, 0.3) is 5.91 Å². The highest BCUT2D eigenvalue weighted by molar-refractivity contribution is 5.98. The molecule has 0 fully saturated rings. The summed E-state index contributed by atoms with van der Waals surface area (Å²) in [6, 6.07) is 7.02. The lowest BCUT2D eigenvalue weighted by Gasteiger charge is -2.19. The fraction of sp³-hybridized carbons (Fsp3) is 0.250. The SMILES string of the molecule is CCN(CC(=O)Nc1cccc(OC)c1)C(=O)c1cnccn1. The van der Waals surface area contributed by atoms with E-state index < -0.39 is 0 Å². The highest BCUT2D eigenvalue weighted by atomic mass is 16.5. The second kappa shape index (κ2) is 7.88. The van der Waals surface area contributed by atoms with Gasteiger partial charge in [-0.2, -0.15) is 0 Å². The topological polar surface area (TPSA) is 84.4 Å². The molecule has 2 rings (SSSR count). The standard InChI is InChI=1S/C16H18N4O3/c1-3-20(16(22)14-10-17-7-8-18-14)11-15(21)19-12-5-4-6-13(9-12)23-2/h4-10H,3,11H2,1-2H3,(H,19,21). The van der Waals surface area contributed by atoms with Crippen molar-refractivity contribution >= 4 is 17.5 Å². The Hall–Kier alpha value is -2.96. The van der Waals surface area contributed by atoms with Crippen LogP contribution in [0.25, 0.3) is 0 Å². The highest BCUT2D eigenvalue weighted by Crippen LogP contribution is 2.16. The summed E-state index contributed by atoms with van der Waals surface area (Å²) in [6.07, 6.45) is 4.31. The molecule has 1 aromatic carbocycles. The number of hydrogen-bond acceptors (Lipinski definition) is 5. The Balaban J connectivity index is 2.00. The molecule has 0 saturated carbocycles. The van der Waals surface area contributed by atoms with Crippen molar-refractivity contribution in [3.05, 3.63) is 48.5 Å². The molecule has 23 heavy (non-hydrogen) atoms. The van der Waals surface area contributed by atoms with Crippen molar-refractivity contribution in [2.75, 3.05) is 25.5 Å². The average Bonchev–Trinajstić information content (AvgIpc) is 2.60. The number of nitrogens with one attached hydrogen (secondary N) is 1. The molecule has 120 valence electrons. The molecular formula is C16H18N4O3. The summed E-state index contributed by atoms with van der Waals surface area (Å²) < 4.78 is 5.10. The number of carbonyl (C=O) groups is 2. The van der Waals surface area contributed by atoms with Gasteiger partial charge in [0.05, 0.1) is 13.3 Å². The smallest absolute Gasteiger partial charge is 0.274 e. The highest BCUT2D eigenvalue weighted by Gasteiger charge is 2.18. The zero-order valence-corrected chi connectivity index (χ0v) is 13.0. The van der Waals surface area contributed by atoms with Gasteiger partial charge in [0, 0.05) is 30.7 Å². The van der Waals surface area contributed by atoms with Crippen molar-refractivity contribution in [2.45, 2.75) is 6.92 Å². The minimum Gasteiger partial charge on any atom is -0.497 e. The van der Waals surface area contributed by atoms with Gasteiger partial charge in [-0.1, -0.05) is 6.07 Å². The van der Waals surface area contributed by atoms with E-state index in [1.165, 1.54) is 23.5 Å². The van der Waals surface area contributed by atoms with Crippen LogP contribution in [0.1, 0.15) is 17.4 Å². The second-order valence-corrected chi connectivity index (χ2v) is 4.69. The fourth-order valence-electron chi connectivity index (χ4n) is 1.97. The zero-order chi connectivity index (χ0) is 16.7. The molecule has 0 atom stereocenters. The van der Waals surface area contributed by atoms with Crippen molar-refractivity contribution in [3.63, 3.8) is 0 Å². The van der Waals surface area contributed by atoms with E-state index in [-0.39, 0.29) is 24.1 Å². The van der Waals surface area contributed by atoms with E-state index in [0.29, 0.717) is 18.0 Å². The predicted molar refractivity (Wildman–Crippen MR) is 85.2 cm³/mol. The van der Waals surface area contributed by atoms with Crippen LogP contribution in [0.5, 0.6) is 5.75 Å². The number of hydrogen-bond donors (Lipinski definition) is 1. The van der Waals surface area contributed by atoms with Gasteiger partial charge in [-0.25, -0.2) is 4.98 Å². The molecule has 0 aliphatic heterocycles. The van der Waals surface area contributed by atoms with Crippen LogP contribution < -0.4 is 10.1 Å². The summed E-state index contributed by atoms with van der Waals surface area (Å²) in [4.78, 5) is 33.6. The average molecular weight is 314 g/mol. The molecule has 1 N–H and O–H groups in total. The summed E-state index contributed by atoms with van der Waals surface area (Å²) in [7, 11) is 1.55. The first-order valence-corrected chi connectivity index (χ1v) is 7.13. The quantitative estimate of drug-likeness (QED) is 0.875. The number of rotatable bonds is 6.